The second-order valence-corrected chi connectivity index (χ2v) is 7.31. The van der Waals surface area contributed by atoms with Crippen LogP contribution in [-0.2, 0) is 6.42 Å². The molecule has 0 heterocycles. The topological polar surface area (TPSA) is 26.0 Å². The Hall–Kier alpha value is -0.0500. The van der Waals surface area contributed by atoms with Gasteiger partial charge in [-0.25, -0.2) is 0 Å². The van der Waals surface area contributed by atoms with Gasteiger partial charge >= 0.3 is 0 Å². The van der Waals surface area contributed by atoms with Crippen LogP contribution in [0.5, 0.6) is 0 Å². The Morgan fingerprint density at radius 2 is 2.26 bits per heavy atom. The number of benzene rings is 1. The van der Waals surface area contributed by atoms with Crippen LogP contribution >= 0.6 is 27.5 Å². The quantitative estimate of drug-likeness (QED) is 0.799. The Balaban J connectivity index is 2.17. The predicted octanol–water partition coefficient (Wildman–Crippen LogP) is 5.19. The van der Waals surface area contributed by atoms with E-state index in [0.29, 0.717) is 0 Å². The number of hydrogen-bond acceptors (Lipinski definition) is 1. The summed E-state index contributed by atoms with van der Waals surface area (Å²) in [5.74, 6) is 0.839. The molecule has 1 aromatic rings. The second kappa shape index (κ2) is 6.60. The van der Waals surface area contributed by atoms with Crippen LogP contribution in [0.1, 0.15) is 44.6 Å². The zero-order valence-electron chi connectivity index (χ0n) is 11.6. The summed E-state index contributed by atoms with van der Waals surface area (Å²) in [5.41, 5.74) is 7.63. The summed E-state index contributed by atoms with van der Waals surface area (Å²) in [6.45, 7) is 3.07. The SMILES string of the molecule is CCC1CCCC(CN)(Cc2ccc(Br)cc2Cl)C1. The molecule has 1 nitrogen and oxygen atoms in total. The predicted molar refractivity (Wildman–Crippen MR) is 86.6 cm³/mol. The minimum atomic E-state index is 0.260. The molecule has 0 bridgehead atoms. The fraction of sp³-hybridized carbons (Fsp3) is 0.625. The third kappa shape index (κ3) is 3.74. The molecular formula is C16H23BrClN. The van der Waals surface area contributed by atoms with Gasteiger partial charge in [0.15, 0.2) is 0 Å². The molecule has 0 aromatic heterocycles. The van der Waals surface area contributed by atoms with Crippen LogP contribution in [0.25, 0.3) is 0 Å². The van der Waals surface area contributed by atoms with E-state index in [0.717, 1.165) is 28.4 Å². The highest BCUT2D eigenvalue weighted by Crippen LogP contribution is 2.43. The minimum Gasteiger partial charge on any atom is -0.330 e. The second-order valence-electron chi connectivity index (χ2n) is 5.99. The normalized spacial score (nSPS) is 27.5. The van der Waals surface area contributed by atoms with Crippen molar-refractivity contribution in [1.29, 1.82) is 0 Å². The number of halogens is 2. The van der Waals surface area contributed by atoms with Gasteiger partial charge in [0.05, 0.1) is 0 Å². The van der Waals surface area contributed by atoms with Gasteiger partial charge in [-0.2, -0.15) is 0 Å². The summed E-state index contributed by atoms with van der Waals surface area (Å²) < 4.78 is 1.04. The van der Waals surface area contributed by atoms with Gasteiger partial charge in [0, 0.05) is 9.50 Å². The van der Waals surface area contributed by atoms with Crippen LogP contribution in [0.3, 0.4) is 0 Å². The van der Waals surface area contributed by atoms with Crippen LogP contribution in [0.2, 0.25) is 5.02 Å². The number of rotatable bonds is 4. The molecule has 2 N–H and O–H groups in total. The summed E-state index contributed by atoms with van der Waals surface area (Å²) >= 11 is 9.83. The maximum absolute atomic E-state index is 6.37. The third-order valence-corrected chi connectivity index (χ3v) is 5.48. The van der Waals surface area contributed by atoms with E-state index in [1.54, 1.807) is 0 Å². The van der Waals surface area contributed by atoms with Crippen LogP contribution in [0.4, 0.5) is 0 Å². The molecule has 2 rings (SSSR count). The van der Waals surface area contributed by atoms with E-state index in [1.807, 2.05) is 6.07 Å². The lowest BCUT2D eigenvalue weighted by atomic mass is 9.66. The van der Waals surface area contributed by atoms with E-state index in [-0.39, 0.29) is 5.41 Å². The van der Waals surface area contributed by atoms with Gasteiger partial charge in [0.1, 0.15) is 0 Å². The maximum Gasteiger partial charge on any atom is 0.0449 e. The van der Waals surface area contributed by atoms with Crippen molar-refractivity contribution >= 4 is 27.5 Å². The Kier molecular flexibility index (Phi) is 5.33. The van der Waals surface area contributed by atoms with Gasteiger partial charge < -0.3 is 5.73 Å². The summed E-state index contributed by atoms with van der Waals surface area (Å²) in [4.78, 5) is 0. The maximum atomic E-state index is 6.37. The molecule has 1 aromatic carbocycles. The number of nitrogens with two attached hydrogens (primary N) is 1. The van der Waals surface area contributed by atoms with Crippen LogP contribution < -0.4 is 5.73 Å². The van der Waals surface area contributed by atoms with E-state index in [2.05, 4.69) is 35.0 Å². The van der Waals surface area contributed by atoms with Crippen LogP contribution in [0, 0.1) is 11.3 Å². The van der Waals surface area contributed by atoms with Gasteiger partial charge in [0.2, 0.25) is 0 Å². The molecule has 0 radical (unpaired) electrons. The lowest BCUT2D eigenvalue weighted by Gasteiger charge is -2.40. The fourth-order valence-corrected chi connectivity index (χ4v) is 4.16. The lowest BCUT2D eigenvalue weighted by Crippen LogP contribution is -2.37. The van der Waals surface area contributed by atoms with Gasteiger partial charge in [-0.15, -0.1) is 0 Å². The monoisotopic (exact) mass is 343 g/mol. The summed E-state index contributed by atoms with van der Waals surface area (Å²) in [5, 5.41) is 0.862. The van der Waals surface area contributed by atoms with Crippen molar-refractivity contribution in [2.75, 3.05) is 6.54 Å². The van der Waals surface area contributed by atoms with Gasteiger partial charge in [0.25, 0.3) is 0 Å². The highest BCUT2D eigenvalue weighted by molar-refractivity contribution is 9.10. The van der Waals surface area contributed by atoms with E-state index in [1.165, 1.54) is 37.7 Å². The molecule has 2 unspecified atom stereocenters. The first-order valence-corrected chi connectivity index (χ1v) is 8.39. The van der Waals surface area contributed by atoms with Crippen molar-refractivity contribution in [1.82, 2.24) is 0 Å². The molecule has 0 aliphatic heterocycles. The molecule has 19 heavy (non-hydrogen) atoms. The number of hydrogen-bond donors (Lipinski definition) is 1. The lowest BCUT2D eigenvalue weighted by molar-refractivity contribution is 0.142. The van der Waals surface area contributed by atoms with E-state index in [9.17, 15) is 0 Å². The van der Waals surface area contributed by atoms with Crippen molar-refractivity contribution in [3.63, 3.8) is 0 Å². The zero-order valence-corrected chi connectivity index (χ0v) is 13.9. The average molecular weight is 345 g/mol. The molecule has 1 aliphatic carbocycles. The fourth-order valence-electron chi connectivity index (χ4n) is 3.42. The first kappa shape index (κ1) is 15.3. The molecular weight excluding hydrogens is 322 g/mol. The Labute approximate surface area is 130 Å². The molecule has 0 saturated heterocycles. The van der Waals surface area contributed by atoms with Gasteiger partial charge in [-0.3, -0.25) is 0 Å². The van der Waals surface area contributed by atoms with Crippen molar-refractivity contribution in [2.24, 2.45) is 17.1 Å². The van der Waals surface area contributed by atoms with Gasteiger partial charge in [-0.1, -0.05) is 59.8 Å². The van der Waals surface area contributed by atoms with E-state index < -0.39 is 0 Å². The summed E-state index contributed by atoms with van der Waals surface area (Å²) in [7, 11) is 0. The highest BCUT2D eigenvalue weighted by atomic mass is 79.9. The molecule has 1 aliphatic rings. The van der Waals surface area contributed by atoms with Crippen molar-refractivity contribution < 1.29 is 0 Å². The molecule has 1 saturated carbocycles. The van der Waals surface area contributed by atoms with Crippen molar-refractivity contribution in [3.8, 4) is 0 Å². The zero-order chi connectivity index (χ0) is 13.9. The first-order chi connectivity index (χ1) is 9.08. The Morgan fingerprint density at radius 3 is 2.89 bits per heavy atom. The average Bonchev–Trinajstić information content (AvgIpc) is 2.42. The van der Waals surface area contributed by atoms with Gasteiger partial charge in [-0.05, 0) is 54.8 Å². The molecule has 2 atom stereocenters. The Bertz CT molecular complexity index is 435. The smallest absolute Gasteiger partial charge is 0.0449 e. The molecule has 1 fully saturated rings. The highest BCUT2D eigenvalue weighted by Gasteiger charge is 2.35. The van der Waals surface area contributed by atoms with Crippen LogP contribution in [0.15, 0.2) is 22.7 Å². The summed E-state index contributed by atoms with van der Waals surface area (Å²) in [6, 6.07) is 6.20. The van der Waals surface area contributed by atoms with Crippen LogP contribution in [-0.4, -0.2) is 6.54 Å². The van der Waals surface area contributed by atoms with Crippen molar-refractivity contribution in [2.45, 2.75) is 45.4 Å². The minimum absolute atomic E-state index is 0.260. The first-order valence-electron chi connectivity index (χ1n) is 7.22. The molecule has 0 amide bonds. The molecule has 0 spiro atoms. The van der Waals surface area contributed by atoms with Crippen molar-refractivity contribution in [3.05, 3.63) is 33.3 Å². The largest absolute Gasteiger partial charge is 0.330 e. The summed E-state index contributed by atoms with van der Waals surface area (Å²) in [6.07, 6.45) is 7.47. The standard InChI is InChI=1S/C16H23BrClN/c1-2-12-4-3-7-16(9-12,11-19)10-13-5-6-14(17)8-15(13)18/h5-6,8,12H,2-4,7,9-11,19H2,1H3. The van der Waals surface area contributed by atoms with E-state index >= 15 is 0 Å². The third-order valence-electron chi connectivity index (χ3n) is 4.63. The molecule has 3 heteroatoms. The van der Waals surface area contributed by atoms with E-state index in [4.69, 9.17) is 17.3 Å². The molecule has 106 valence electrons. The Morgan fingerprint density at radius 1 is 1.47 bits per heavy atom.